The van der Waals surface area contributed by atoms with Crippen molar-refractivity contribution in [2.45, 2.75) is 25.8 Å². The topological polar surface area (TPSA) is 81.4 Å². The fourth-order valence-electron chi connectivity index (χ4n) is 1.93. The van der Waals surface area contributed by atoms with Crippen molar-refractivity contribution < 1.29 is 14.3 Å². The predicted octanol–water partition coefficient (Wildman–Crippen LogP) is 1.08. The third-order valence-corrected chi connectivity index (χ3v) is 2.94. The Kier molecular flexibility index (Phi) is 3.62. The van der Waals surface area contributed by atoms with Crippen molar-refractivity contribution in [2.24, 2.45) is 5.73 Å². The van der Waals surface area contributed by atoms with Crippen LogP contribution in [0.15, 0.2) is 18.2 Å². The molecule has 1 amide bonds. The number of nitrogens with two attached hydrogens (primary N) is 1. The van der Waals surface area contributed by atoms with Crippen LogP contribution in [0.25, 0.3) is 0 Å². The van der Waals surface area contributed by atoms with Crippen molar-refractivity contribution in [1.82, 2.24) is 0 Å². The summed E-state index contributed by atoms with van der Waals surface area (Å²) in [4.78, 5) is 23.2. The number of esters is 1. The van der Waals surface area contributed by atoms with Gasteiger partial charge in [-0.2, -0.15) is 0 Å². The van der Waals surface area contributed by atoms with Crippen molar-refractivity contribution in [2.75, 3.05) is 11.9 Å². The van der Waals surface area contributed by atoms with Crippen LogP contribution in [0.4, 0.5) is 5.69 Å². The number of benzene rings is 1. The molecule has 1 unspecified atom stereocenters. The summed E-state index contributed by atoms with van der Waals surface area (Å²) >= 11 is 0. The highest BCUT2D eigenvalue weighted by atomic mass is 16.5. The number of fused-ring (bicyclic) bond motifs is 1. The second-order valence-electron chi connectivity index (χ2n) is 4.23. The van der Waals surface area contributed by atoms with E-state index < -0.39 is 6.04 Å². The zero-order chi connectivity index (χ0) is 13.1. The molecule has 0 fully saturated rings. The molecule has 5 nitrogen and oxygen atoms in total. The Bertz CT molecular complexity index is 485. The Balaban J connectivity index is 2.27. The number of anilines is 1. The van der Waals surface area contributed by atoms with Gasteiger partial charge in [0.05, 0.1) is 18.2 Å². The van der Waals surface area contributed by atoms with Crippen molar-refractivity contribution >= 4 is 17.6 Å². The van der Waals surface area contributed by atoms with E-state index in [4.69, 9.17) is 10.5 Å². The largest absolute Gasteiger partial charge is 0.462 e. The minimum atomic E-state index is -0.497. The van der Waals surface area contributed by atoms with Crippen LogP contribution in [-0.2, 0) is 16.0 Å². The first kappa shape index (κ1) is 12.6. The molecule has 2 rings (SSSR count). The highest BCUT2D eigenvalue weighted by molar-refractivity contribution is 5.97. The molecule has 1 aromatic rings. The van der Waals surface area contributed by atoms with Gasteiger partial charge in [0.2, 0.25) is 5.91 Å². The summed E-state index contributed by atoms with van der Waals surface area (Å²) < 4.78 is 4.94. The number of carbonyl (C=O) groups is 2. The van der Waals surface area contributed by atoms with E-state index in [9.17, 15) is 9.59 Å². The van der Waals surface area contributed by atoms with E-state index in [-0.39, 0.29) is 11.9 Å². The van der Waals surface area contributed by atoms with Crippen LogP contribution >= 0.6 is 0 Å². The van der Waals surface area contributed by atoms with Gasteiger partial charge in [-0.3, -0.25) is 4.79 Å². The van der Waals surface area contributed by atoms with Gasteiger partial charge in [0.25, 0.3) is 0 Å². The van der Waals surface area contributed by atoms with Gasteiger partial charge in [-0.15, -0.1) is 0 Å². The Morgan fingerprint density at radius 3 is 3.06 bits per heavy atom. The molecule has 96 valence electrons. The zero-order valence-corrected chi connectivity index (χ0v) is 10.2. The number of carbonyl (C=O) groups excluding carboxylic acids is 2. The van der Waals surface area contributed by atoms with Crippen LogP contribution in [0.5, 0.6) is 0 Å². The molecule has 0 bridgehead atoms. The number of rotatable bonds is 2. The summed E-state index contributed by atoms with van der Waals surface area (Å²) in [5.74, 6) is -0.530. The molecule has 1 atom stereocenters. The van der Waals surface area contributed by atoms with Crippen LogP contribution < -0.4 is 11.1 Å². The number of ether oxygens (including phenoxy) is 1. The van der Waals surface area contributed by atoms with Gasteiger partial charge in [0.1, 0.15) is 0 Å². The SMILES string of the molecule is CCOC(=O)c1ccc2c(c1)CCC(N)C(=O)N2. The Labute approximate surface area is 105 Å². The molecule has 0 aromatic heterocycles. The number of hydrogen-bond donors (Lipinski definition) is 2. The number of aryl methyl sites for hydroxylation is 1. The van der Waals surface area contributed by atoms with Crippen molar-refractivity contribution in [3.8, 4) is 0 Å². The van der Waals surface area contributed by atoms with Gasteiger partial charge >= 0.3 is 5.97 Å². The van der Waals surface area contributed by atoms with Gasteiger partial charge in [0.15, 0.2) is 0 Å². The molecule has 3 N–H and O–H groups in total. The summed E-state index contributed by atoms with van der Waals surface area (Å²) in [6.45, 7) is 2.11. The quantitative estimate of drug-likeness (QED) is 0.767. The second-order valence-corrected chi connectivity index (χ2v) is 4.23. The van der Waals surface area contributed by atoms with E-state index in [1.807, 2.05) is 0 Å². The van der Waals surface area contributed by atoms with E-state index in [0.29, 0.717) is 25.0 Å². The number of hydrogen-bond acceptors (Lipinski definition) is 4. The summed E-state index contributed by atoms with van der Waals surface area (Å²) in [5, 5.41) is 2.75. The standard InChI is InChI=1S/C13H16N2O3/c1-2-18-13(17)9-4-6-11-8(7-9)3-5-10(14)12(16)15-11/h4,6-7,10H,2-3,5,14H2,1H3,(H,15,16). The fourth-order valence-corrected chi connectivity index (χ4v) is 1.93. The average molecular weight is 248 g/mol. The summed E-state index contributed by atoms with van der Waals surface area (Å²) in [5.41, 5.74) is 7.84. The molecule has 0 radical (unpaired) electrons. The molecule has 1 aliphatic rings. The van der Waals surface area contributed by atoms with E-state index in [2.05, 4.69) is 5.32 Å². The Morgan fingerprint density at radius 1 is 1.56 bits per heavy atom. The molecule has 0 saturated heterocycles. The van der Waals surface area contributed by atoms with Gasteiger partial charge in [0, 0.05) is 5.69 Å². The number of nitrogens with one attached hydrogen (secondary N) is 1. The van der Waals surface area contributed by atoms with Crippen LogP contribution in [0, 0.1) is 0 Å². The van der Waals surface area contributed by atoms with Gasteiger partial charge in [-0.05, 0) is 43.5 Å². The van der Waals surface area contributed by atoms with Crippen LogP contribution in [-0.4, -0.2) is 24.5 Å². The molecule has 0 saturated carbocycles. The van der Waals surface area contributed by atoms with E-state index in [1.54, 1.807) is 25.1 Å². The first-order valence-corrected chi connectivity index (χ1v) is 5.98. The molecule has 1 aliphatic heterocycles. The smallest absolute Gasteiger partial charge is 0.338 e. The van der Waals surface area contributed by atoms with E-state index >= 15 is 0 Å². The van der Waals surface area contributed by atoms with Crippen molar-refractivity contribution in [3.63, 3.8) is 0 Å². The minimum Gasteiger partial charge on any atom is -0.462 e. The molecule has 1 aromatic carbocycles. The summed E-state index contributed by atoms with van der Waals surface area (Å²) in [7, 11) is 0. The first-order chi connectivity index (χ1) is 8.61. The Morgan fingerprint density at radius 2 is 2.33 bits per heavy atom. The van der Waals surface area contributed by atoms with Gasteiger partial charge < -0.3 is 15.8 Å². The lowest BCUT2D eigenvalue weighted by Gasteiger charge is -2.09. The van der Waals surface area contributed by atoms with Crippen molar-refractivity contribution in [1.29, 1.82) is 0 Å². The molecule has 0 aliphatic carbocycles. The maximum Gasteiger partial charge on any atom is 0.338 e. The maximum absolute atomic E-state index is 11.6. The van der Waals surface area contributed by atoms with Gasteiger partial charge in [-0.1, -0.05) is 0 Å². The normalized spacial score (nSPS) is 18.6. The molecule has 0 spiro atoms. The van der Waals surface area contributed by atoms with Crippen LogP contribution in [0.2, 0.25) is 0 Å². The first-order valence-electron chi connectivity index (χ1n) is 5.98. The fraction of sp³-hybridized carbons (Fsp3) is 0.385. The molecular weight excluding hydrogens is 232 g/mol. The van der Waals surface area contributed by atoms with Gasteiger partial charge in [-0.25, -0.2) is 4.79 Å². The monoisotopic (exact) mass is 248 g/mol. The molecular formula is C13H16N2O3. The summed E-state index contributed by atoms with van der Waals surface area (Å²) in [6, 6.07) is 4.63. The summed E-state index contributed by atoms with van der Waals surface area (Å²) in [6.07, 6.45) is 1.24. The molecule has 5 heteroatoms. The molecule has 1 heterocycles. The zero-order valence-electron chi connectivity index (χ0n) is 10.2. The minimum absolute atomic E-state index is 0.183. The second kappa shape index (κ2) is 5.18. The van der Waals surface area contributed by atoms with Crippen LogP contribution in [0.3, 0.4) is 0 Å². The maximum atomic E-state index is 11.6. The third-order valence-electron chi connectivity index (χ3n) is 2.94. The Hall–Kier alpha value is -1.88. The van der Waals surface area contributed by atoms with E-state index in [0.717, 1.165) is 11.3 Å². The van der Waals surface area contributed by atoms with Crippen LogP contribution in [0.1, 0.15) is 29.3 Å². The lowest BCUT2D eigenvalue weighted by molar-refractivity contribution is -0.117. The highest BCUT2D eigenvalue weighted by Gasteiger charge is 2.21. The molecule has 18 heavy (non-hydrogen) atoms. The third kappa shape index (κ3) is 2.51. The lowest BCUT2D eigenvalue weighted by atomic mass is 10.0. The lowest BCUT2D eigenvalue weighted by Crippen LogP contribution is -2.34. The average Bonchev–Trinajstić information content (AvgIpc) is 2.49. The van der Waals surface area contributed by atoms with E-state index in [1.165, 1.54) is 0 Å². The number of amides is 1. The predicted molar refractivity (Wildman–Crippen MR) is 67.3 cm³/mol. The highest BCUT2D eigenvalue weighted by Crippen LogP contribution is 2.23. The van der Waals surface area contributed by atoms with Crippen molar-refractivity contribution in [3.05, 3.63) is 29.3 Å².